The predicted molar refractivity (Wildman–Crippen MR) is 84.8 cm³/mol. The number of halogens is 1. The third-order valence-corrected chi connectivity index (χ3v) is 4.21. The standard InChI is InChI=1S/C16H20ClNO5/c1-9-4-5-12(17)14(6-9)23-10(2)15(19)18-8-11(22-3)7-13(18)16(20)21/h4-6,10-11,13H,7-8H2,1-3H3,(H,20,21). The Kier molecular flexibility index (Phi) is 5.49. The van der Waals surface area contributed by atoms with Gasteiger partial charge in [-0.25, -0.2) is 4.79 Å². The number of carboxylic acids is 1. The number of aliphatic carboxylic acids is 1. The Labute approximate surface area is 139 Å². The van der Waals surface area contributed by atoms with E-state index >= 15 is 0 Å². The van der Waals surface area contributed by atoms with Gasteiger partial charge in [-0.05, 0) is 31.5 Å². The second-order valence-electron chi connectivity index (χ2n) is 5.63. The van der Waals surface area contributed by atoms with Gasteiger partial charge < -0.3 is 19.5 Å². The summed E-state index contributed by atoms with van der Waals surface area (Å²) in [6, 6.07) is 4.38. The van der Waals surface area contributed by atoms with Gasteiger partial charge in [0.05, 0.1) is 11.1 Å². The maximum Gasteiger partial charge on any atom is 0.326 e. The second kappa shape index (κ2) is 7.19. The number of hydrogen-bond acceptors (Lipinski definition) is 4. The molecule has 23 heavy (non-hydrogen) atoms. The highest BCUT2D eigenvalue weighted by atomic mass is 35.5. The first kappa shape index (κ1) is 17.6. The zero-order chi connectivity index (χ0) is 17.1. The molecule has 1 fully saturated rings. The number of aryl methyl sites for hydroxylation is 1. The zero-order valence-corrected chi connectivity index (χ0v) is 14.0. The number of rotatable bonds is 5. The van der Waals surface area contributed by atoms with Crippen molar-refractivity contribution in [3.05, 3.63) is 28.8 Å². The number of ether oxygens (including phenoxy) is 2. The summed E-state index contributed by atoms with van der Waals surface area (Å²) >= 11 is 6.07. The topological polar surface area (TPSA) is 76.1 Å². The molecule has 126 valence electrons. The van der Waals surface area contributed by atoms with E-state index < -0.39 is 24.0 Å². The van der Waals surface area contributed by atoms with Gasteiger partial charge in [-0.15, -0.1) is 0 Å². The average Bonchev–Trinajstić information content (AvgIpc) is 2.94. The van der Waals surface area contributed by atoms with Gasteiger partial charge >= 0.3 is 5.97 Å². The normalized spacial score (nSPS) is 22.0. The number of hydrogen-bond donors (Lipinski definition) is 1. The lowest BCUT2D eigenvalue weighted by atomic mass is 10.2. The first-order valence-electron chi connectivity index (χ1n) is 7.32. The fourth-order valence-corrected chi connectivity index (χ4v) is 2.78. The molecular formula is C16H20ClNO5. The molecule has 1 amide bonds. The Balaban J connectivity index is 2.12. The van der Waals surface area contributed by atoms with E-state index in [1.807, 2.05) is 13.0 Å². The van der Waals surface area contributed by atoms with Crippen molar-refractivity contribution in [3.63, 3.8) is 0 Å². The van der Waals surface area contributed by atoms with Crippen molar-refractivity contribution >= 4 is 23.5 Å². The van der Waals surface area contributed by atoms with Crippen molar-refractivity contribution < 1.29 is 24.2 Å². The molecule has 1 aromatic carbocycles. The van der Waals surface area contributed by atoms with Crippen molar-refractivity contribution in [2.75, 3.05) is 13.7 Å². The van der Waals surface area contributed by atoms with Gasteiger partial charge in [0.1, 0.15) is 11.8 Å². The van der Waals surface area contributed by atoms with Crippen molar-refractivity contribution in [1.82, 2.24) is 4.90 Å². The summed E-state index contributed by atoms with van der Waals surface area (Å²) in [6.45, 7) is 3.71. The molecule has 1 aliphatic heterocycles. The van der Waals surface area contributed by atoms with Crippen LogP contribution in [0.4, 0.5) is 0 Å². The highest BCUT2D eigenvalue weighted by Crippen LogP contribution is 2.28. The molecule has 0 spiro atoms. The Morgan fingerprint density at radius 1 is 1.43 bits per heavy atom. The maximum atomic E-state index is 12.6. The summed E-state index contributed by atoms with van der Waals surface area (Å²) in [5.41, 5.74) is 0.952. The highest BCUT2D eigenvalue weighted by Gasteiger charge is 2.41. The molecule has 3 atom stereocenters. The lowest BCUT2D eigenvalue weighted by Gasteiger charge is -2.25. The van der Waals surface area contributed by atoms with E-state index in [9.17, 15) is 14.7 Å². The molecule has 0 aromatic heterocycles. The minimum Gasteiger partial charge on any atom is -0.480 e. The fraction of sp³-hybridized carbons (Fsp3) is 0.500. The van der Waals surface area contributed by atoms with Crippen molar-refractivity contribution in [1.29, 1.82) is 0 Å². The van der Waals surface area contributed by atoms with Gasteiger partial charge in [0, 0.05) is 20.1 Å². The van der Waals surface area contributed by atoms with Crippen LogP contribution in [0.1, 0.15) is 18.9 Å². The van der Waals surface area contributed by atoms with E-state index in [0.29, 0.717) is 10.8 Å². The van der Waals surface area contributed by atoms with Crippen LogP contribution in [0.25, 0.3) is 0 Å². The highest BCUT2D eigenvalue weighted by molar-refractivity contribution is 6.32. The minimum atomic E-state index is -1.04. The maximum absolute atomic E-state index is 12.6. The average molecular weight is 342 g/mol. The zero-order valence-electron chi connectivity index (χ0n) is 13.3. The molecule has 7 heteroatoms. The third-order valence-electron chi connectivity index (χ3n) is 3.90. The van der Waals surface area contributed by atoms with Crippen LogP contribution in [-0.4, -0.2) is 53.8 Å². The Hall–Kier alpha value is -1.79. The molecule has 1 aromatic rings. The van der Waals surface area contributed by atoms with Crippen LogP contribution in [0.2, 0.25) is 5.02 Å². The van der Waals surface area contributed by atoms with E-state index in [0.717, 1.165) is 5.56 Å². The number of nitrogens with zero attached hydrogens (tertiary/aromatic N) is 1. The van der Waals surface area contributed by atoms with Crippen LogP contribution in [-0.2, 0) is 14.3 Å². The van der Waals surface area contributed by atoms with Gasteiger partial charge in [0.15, 0.2) is 6.10 Å². The number of benzene rings is 1. The van der Waals surface area contributed by atoms with Crippen LogP contribution < -0.4 is 4.74 Å². The van der Waals surface area contributed by atoms with Crippen LogP contribution in [0.3, 0.4) is 0 Å². The van der Waals surface area contributed by atoms with Gasteiger partial charge in [-0.2, -0.15) is 0 Å². The Morgan fingerprint density at radius 2 is 2.13 bits per heavy atom. The summed E-state index contributed by atoms with van der Waals surface area (Å²) in [6.07, 6.45) is -0.850. The SMILES string of the molecule is COC1CC(C(=O)O)N(C(=O)C(C)Oc2cc(C)ccc2Cl)C1. The molecule has 1 N–H and O–H groups in total. The van der Waals surface area contributed by atoms with Crippen molar-refractivity contribution in [2.45, 2.75) is 38.5 Å². The number of carboxylic acid groups (broad SMARTS) is 1. The first-order chi connectivity index (χ1) is 10.8. The van der Waals surface area contributed by atoms with Gasteiger partial charge in [0.25, 0.3) is 5.91 Å². The molecule has 0 radical (unpaired) electrons. The molecular weight excluding hydrogens is 322 g/mol. The quantitative estimate of drug-likeness (QED) is 0.887. The van der Waals surface area contributed by atoms with Crippen molar-refractivity contribution in [3.8, 4) is 5.75 Å². The smallest absolute Gasteiger partial charge is 0.326 e. The van der Waals surface area contributed by atoms with Crippen LogP contribution >= 0.6 is 11.6 Å². The van der Waals surface area contributed by atoms with Crippen LogP contribution in [0.5, 0.6) is 5.75 Å². The number of methoxy groups -OCH3 is 1. The van der Waals surface area contributed by atoms with Crippen molar-refractivity contribution in [2.24, 2.45) is 0 Å². The molecule has 1 aliphatic rings. The lowest BCUT2D eigenvalue weighted by molar-refractivity contribution is -0.150. The summed E-state index contributed by atoms with van der Waals surface area (Å²) < 4.78 is 10.8. The van der Waals surface area contributed by atoms with E-state index in [1.165, 1.54) is 12.0 Å². The summed E-state index contributed by atoms with van der Waals surface area (Å²) in [5, 5.41) is 9.69. The summed E-state index contributed by atoms with van der Waals surface area (Å²) in [5.74, 6) is -1.03. The molecule has 3 unspecified atom stereocenters. The number of carbonyl (C=O) groups is 2. The summed E-state index contributed by atoms with van der Waals surface area (Å²) in [4.78, 5) is 25.2. The van der Waals surface area contributed by atoms with Gasteiger partial charge in [-0.1, -0.05) is 17.7 Å². The predicted octanol–water partition coefficient (Wildman–Crippen LogP) is 2.12. The first-order valence-corrected chi connectivity index (χ1v) is 7.70. The molecule has 6 nitrogen and oxygen atoms in total. The molecule has 0 aliphatic carbocycles. The minimum absolute atomic E-state index is 0.238. The van der Waals surface area contributed by atoms with E-state index in [4.69, 9.17) is 21.1 Å². The largest absolute Gasteiger partial charge is 0.480 e. The fourth-order valence-electron chi connectivity index (χ4n) is 2.62. The van der Waals surface area contributed by atoms with Gasteiger partial charge in [-0.3, -0.25) is 4.79 Å². The van der Waals surface area contributed by atoms with E-state index in [-0.39, 0.29) is 19.1 Å². The molecule has 2 rings (SSSR count). The lowest BCUT2D eigenvalue weighted by Crippen LogP contribution is -2.46. The van der Waals surface area contributed by atoms with Crippen LogP contribution in [0, 0.1) is 6.92 Å². The van der Waals surface area contributed by atoms with E-state index in [2.05, 4.69) is 0 Å². The molecule has 1 saturated heterocycles. The number of likely N-dealkylation sites (tertiary alicyclic amines) is 1. The monoisotopic (exact) mass is 341 g/mol. The molecule has 0 bridgehead atoms. The van der Waals surface area contributed by atoms with Gasteiger partial charge in [0.2, 0.25) is 0 Å². The third kappa shape index (κ3) is 3.95. The number of carbonyl (C=O) groups excluding carboxylic acids is 1. The Morgan fingerprint density at radius 3 is 2.74 bits per heavy atom. The summed E-state index contributed by atoms with van der Waals surface area (Å²) in [7, 11) is 1.50. The van der Waals surface area contributed by atoms with Crippen LogP contribution in [0.15, 0.2) is 18.2 Å². The number of amides is 1. The Bertz CT molecular complexity index is 606. The molecule has 1 heterocycles. The second-order valence-corrected chi connectivity index (χ2v) is 6.04. The molecule has 0 saturated carbocycles. The van der Waals surface area contributed by atoms with E-state index in [1.54, 1.807) is 19.1 Å².